The Morgan fingerprint density at radius 1 is 1.41 bits per heavy atom. The van der Waals surface area contributed by atoms with Gasteiger partial charge >= 0.3 is 6.09 Å². The molecule has 2 N–H and O–H groups in total. The number of alkyl carbamates (subject to hydrolysis) is 1. The number of hydrogen-bond donors (Lipinski definition) is 2. The molecule has 1 aromatic carbocycles. The molecule has 1 rings (SSSR count). The van der Waals surface area contributed by atoms with Gasteiger partial charge in [-0.25, -0.2) is 4.79 Å². The first-order valence-corrected chi connectivity index (χ1v) is 5.91. The van der Waals surface area contributed by atoms with Crippen LogP contribution in [0.25, 0.3) is 0 Å². The fourth-order valence-corrected chi connectivity index (χ4v) is 1.38. The van der Waals surface area contributed by atoms with Crippen molar-refractivity contribution in [3.8, 4) is 5.75 Å². The van der Waals surface area contributed by atoms with E-state index >= 15 is 0 Å². The zero-order chi connectivity index (χ0) is 12.5. The molecule has 0 fully saturated rings. The lowest BCUT2D eigenvalue weighted by Gasteiger charge is -2.07. The molecule has 0 bridgehead atoms. The smallest absolute Gasteiger partial charge is 0.407 e. The van der Waals surface area contributed by atoms with E-state index in [0.717, 1.165) is 18.4 Å². The molecular weight excluding hydrogens is 218 g/mol. The largest absolute Gasteiger partial charge is 0.508 e. The van der Waals surface area contributed by atoms with E-state index in [1.165, 1.54) is 0 Å². The van der Waals surface area contributed by atoms with Gasteiger partial charge in [0, 0.05) is 6.54 Å². The topological polar surface area (TPSA) is 58.6 Å². The van der Waals surface area contributed by atoms with Crippen LogP contribution in [0.4, 0.5) is 4.79 Å². The van der Waals surface area contributed by atoms with Crippen molar-refractivity contribution in [2.45, 2.75) is 26.2 Å². The van der Waals surface area contributed by atoms with Gasteiger partial charge in [-0.05, 0) is 24.5 Å². The Hall–Kier alpha value is -1.71. The van der Waals surface area contributed by atoms with E-state index < -0.39 is 6.09 Å². The summed E-state index contributed by atoms with van der Waals surface area (Å²) in [7, 11) is 0. The van der Waals surface area contributed by atoms with Gasteiger partial charge in [0.25, 0.3) is 0 Å². The van der Waals surface area contributed by atoms with E-state index in [4.69, 9.17) is 4.74 Å². The lowest BCUT2D eigenvalue weighted by molar-refractivity contribution is 0.144. The summed E-state index contributed by atoms with van der Waals surface area (Å²) in [4.78, 5) is 11.2. The summed E-state index contributed by atoms with van der Waals surface area (Å²) in [5, 5.41) is 12.2. The number of rotatable bonds is 6. The Balaban J connectivity index is 2.19. The summed E-state index contributed by atoms with van der Waals surface area (Å²) >= 11 is 0. The standard InChI is InChI=1S/C13H19NO3/c1-2-3-10-17-13(16)14-9-8-11-6-4-5-7-12(11)15/h4-7,15H,2-3,8-10H2,1H3,(H,14,16). The Morgan fingerprint density at radius 3 is 2.88 bits per heavy atom. The first kappa shape index (κ1) is 13.4. The van der Waals surface area contributed by atoms with Crippen LogP contribution in [0.1, 0.15) is 25.3 Å². The molecule has 0 spiro atoms. The second-order valence-corrected chi connectivity index (χ2v) is 3.79. The van der Waals surface area contributed by atoms with E-state index in [1.807, 2.05) is 19.1 Å². The normalized spacial score (nSPS) is 9.94. The van der Waals surface area contributed by atoms with Crippen molar-refractivity contribution in [2.24, 2.45) is 0 Å². The quantitative estimate of drug-likeness (QED) is 0.747. The monoisotopic (exact) mass is 237 g/mol. The maximum absolute atomic E-state index is 11.2. The third kappa shape index (κ3) is 5.24. The van der Waals surface area contributed by atoms with Crippen LogP contribution in [0.3, 0.4) is 0 Å². The number of carbonyl (C=O) groups excluding carboxylic acids is 1. The molecule has 0 saturated heterocycles. The number of phenolic OH excluding ortho intramolecular Hbond substituents is 1. The van der Waals surface area contributed by atoms with Crippen molar-refractivity contribution in [1.82, 2.24) is 5.32 Å². The number of nitrogens with one attached hydrogen (secondary N) is 1. The molecule has 0 heterocycles. The second-order valence-electron chi connectivity index (χ2n) is 3.79. The highest BCUT2D eigenvalue weighted by Gasteiger charge is 2.02. The number of carbonyl (C=O) groups is 1. The maximum Gasteiger partial charge on any atom is 0.407 e. The average molecular weight is 237 g/mol. The highest BCUT2D eigenvalue weighted by atomic mass is 16.5. The van der Waals surface area contributed by atoms with Crippen LogP contribution in [0.5, 0.6) is 5.75 Å². The number of ether oxygens (including phenoxy) is 1. The van der Waals surface area contributed by atoms with Crippen LogP contribution in [0.2, 0.25) is 0 Å². The number of benzene rings is 1. The maximum atomic E-state index is 11.2. The van der Waals surface area contributed by atoms with Crippen molar-refractivity contribution in [3.05, 3.63) is 29.8 Å². The molecule has 1 aromatic rings. The van der Waals surface area contributed by atoms with Gasteiger partial charge in [0.05, 0.1) is 6.61 Å². The summed E-state index contributed by atoms with van der Waals surface area (Å²) in [6.07, 6.45) is 2.09. The van der Waals surface area contributed by atoms with Crippen molar-refractivity contribution >= 4 is 6.09 Å². The van der Waals surface area contributed by atoms with Crippen molar-refractivity contribution < 1.29 is 14.6 Å². The Labute approximate surface area is 102 Å². The molecule has 1 amide bonds. The van der Waals surface area contributed by atoms with Crippen LogP contribution in [0.15, 0.2) is 24.3 Å². The zero-order valence-electron chi connectivity index (χ0n) is 10.1. The molecule has 0 aromatic heterocycles. The summed E-state index contributed by atoms with van der Waals surface area (Å²) in [5.41, 5.74) is 0.821. The number of amides is 1. The molecule has 94 valence electrons. The number of para-hydroxylation sites is 1. The SMILES string of the molecule is CCCCOC(=O)NCCc1ccccc1O. The lowest BCUT2D eigenvalue weighted by Crippen LogP contribution is -2.26. The van der Waals surface area contributed by atoms with Crippen molar-refractivity contribution in [1.29, 1.82) is 0 Å². The Bertz CT molecular complexity index is 352. The van der Waals surface area contributed by atoms with E-state index in [1.54, 1.807) is 12.1 Å². The molecule has 0 aliphatic carbocycles. The summed E-state index contributed by atoms with van der Waals surface area (Å²) in [5.74, 6) is 0.258. The van der Waals surface area contributed by atoms with Crippen molar-refractivity contribution in [2.75, 3.05) is 13.2 Å². The van der Waals surface area contributed by atoms with E-state index in [9.17, 15) is 9.90 Å². The van der Waals surface area contributed by atoms with Crippen LogP contribution in [0, 0.1) is 0 Å². The van der Waals surface area contributed by atoms with Gasteiger partial charge in [0.1, 0.15) is 5.75 Å². The van der Waals surface area contributed by atoms with Crippen LogP contribution >= 0.6 is 0 Å². The molecule has 0 unspecified atom stereocenters. The molecule has 0 atom stereocenters. The summed E-state index contributed by atoms with van der Waals surface area (Å²) in [6, 6.07) is 7.09. The van der Waals surface area contributed by atoms with Gasteiger partial charge in [0.15, 0.2) is 0 Å². The van der Waals surface area contributed by atoms with Gasteiger partial charge in [-0.15, -0.1) is 0 Å². The molecule has 0 aliphatic rings. The molecule has 0 radical (unpaired) electrons. The number of hydrogen-bond acceptors (Lipinski definition) is 3. The fourth-order valence-electron chi connectivity index (χ4n) is 1.38. The van der Waals surface area contributed by atoms with Gasteiger partial charge < -0.3 is 15.2 Å². The highest BCUT2D eigenvalue weighted by molar-refractivity contribution is 5.67. The minimum Gasteiger partial charge on any atom is -0.508 e. The summed E-state index contributed by atoms with van der Waals surface area (Å²) in [6.45, 7) is 2.96. The highest BCUT2D eigenvalue weighted by Crippen LogP contribution is 2.15. The predicted molar refractivity (Wildman–Crippen MR) is 66.1 cm³/mol. The fraction of sp³-hybridized carbons (Fsp3) is 0.462. The number of phenols is 1. The van der Waals surface area contributed by atoms with Crippen LogP contribution < -0.4 is 5.32 Å². The third-order valence-corrected chi connectivity index (χ3v) is 2.39. The first-order chi connectivity index (χ1) is 8.24. The number of unbranched alkanes of at least 4 members (excludes halogenated alkanes) is 1. The van der Waals surface area contributed by atoms with Gasteiger partial charge in [-0.1, -0.05) is 31.5 Å². The number of aromatic hydroxyl groups is 1. The molecule has 4 nitrogen and oxygen atoms in total. The third-order valence-electron chi connectivity index (χ3n) is 2.39. The van der Waals surface area contributed by atoms with E-state index in [-0.39, 0.29) is 5.75 Å². The van der Waals surface area contributed by atoms with Crippen LogP contribution in [-0.4, -0.2) is 24.4 Å². The van der Waals surface area contributed by atoms with Gasteiger partial charge in [-0.3, -0.25) is 0 Å². The van der Waals surface area contributed by atoms with E-state index in [2.05, 4.69) is 5.32 Å². The molecule has 0 saturated carbocycles. The van der Waals surface area contributed by atoms with Gasteiger partial charge in [-0.2, -0.15) is 0 Å². The molecule has 4 heteroatoms. The van der Waals surface area contributed by atoms with Crippen LogP contribution in [-0.2, 0) is 11.2 Å². The predicted octanol–water partition coefficient (Wildman–Crippen LogP) is 2.46. The second kappa shape index (κ2) is 7.54. The first-order valence-electron chi connectivity index (χ1n) is 5.91. The zero-order valence-corrected chi connectivity index (χ0v) is 10.1. The lowest BCUT2D eigenvalue weighted by atomic mass is 10.1. The van der Waals surface area contributed by atoms with E-state index in [0.29, 0.717) is 19.6 Å². The summed E-state index contributed by atoms with van der Waals surface area (Å²) < 4.78 is 4.94. The molecular formula is C13H19NO3. The Morgan fingerprint density at radius 2 is 2.18 bits per heavy atom. The Kier molecular flexibility index (Phi) is 5.93. The molecule has 17 heavy (non-hydrogen) atoms. The minimum absolute atomic E-state index is 0.258. The van der Waals surface area contributed by atoms with Gasteiger partial charge in [0.2, 0.25) is 0 Å². The average Bonchev–Trinajstić information content (AvgIpc) is 2.32. The molecule has 0 aliphatic heterocycles. The van der Waals surface area contributed by atoms with Crippen molar-refractivity contribution in [3.63, 3.8) is 0 Å². The minimum atomic E-state index is -0.395.